The molecule has 0 spiro atoms. The number of hydrogen-bond donors (Lipinski definition) is 0. The number of aromatic nitrogens is 4. The Hall–Kier alpha value is -1.99. The van der Waals surface area contributed by atoms with Gasteiger partial charge in [0.15, 0.2) is 0 Å². The van der Waals surface area contributed by atoms with E-state index in [1.165, 1.54) is 6.33 Å². The fourth-order valence-corrected chi connectivity index (χ4v) is 4.46. The van der Waals surface area contributed by atoms with E-state index in [-0.39, 0.29) is 5.91 Å². The third-order valence-electron chi connectivity index (χ3n) is 5.48. The molecule has 124 valence electrons. The van der Waals surface area contributed by atoms with Crippen LogP contribution in [0.3, 0.4) is 0 Å². The molecule has 8 heteroatoms. The van der Waals surface area contributed by atoms with Gasteiger partial charge < -0.3 is 9.80 Å². The van der Waals surface area contributed by atoms with Gasteiger partial charge in [-0.2, -0.15) is 0 Å². The van der Waals surface area contributed by atoms with Crippen molar-refractivity contribution in [2.24, 2.45) is 11.8 Å². The summed E-state index contributed by atoms with van der Waals surface area (Å²) in [6, 6.07) is 0.350. The highest BCUT2D eigenvalue weighted by Crippen LogP contribution is 2.37. The van der Waals surface area contributed by atoms with Crippen LogP contribution in [-0.4, -0.2) is 67.5 Å². The molecule has 0 radical (unpaired) electrons. The van der Waals surface area contributed by atoms with E-state index in [2.05, 4.69) is 20.4 Å². The fourth-order valence-electron chi connectivity index (χ4n) is 4.46. The minimum absolute atomic E-state index is 0.172. The van der Waals surface area contributed by atoms with Gasteiger partial charge in [-0.25, -0.2) is 4.68 Å². The number of hydrogen-bond acceptors (Lipinski definition) is 5. The molecule has 3 aliphatic rings. The first-order chi connectivity index (χ1) is 11.2. The Morgan fingerprint density at radius 3 is 3.04 bits per heavy atom. The molecule has 1 aromatic heterocycles. The summed E-state index contributed by atoms with van der Waals surface area (Å²) in [5, 5.41) is 11.0. The number of carbonyl (C=O) groups excluding carboxylic acids is 2. The van der Waals surface area contributed by atoms with E-state index < -0.39 is 0 Å². The van der Waals surface area contributed by atoms with Gasteiger partial charge in [0.2, 0.25) is 11.8 Å². The molecular weight excluding hydrogens is 296 g/mol. The van der Waals surface area contributed by atoms with Crippen molar-refractivity contribution in [3.8, 4) is 0 Å². The zero-order chi connectivity index (χ0) is 15.8. The second-order valence-corrected chi connectivity index (χ2v) is 6.99. The van der Waals surface area contributed by atoms with Crippen molar-refractivity contribution in [3.05, 3.63) is 6.33 Å². The Morgan fingerprint density at radius 1 is 1.30 bits per heavy atom. The third-order valence-corrected chi connectivity index (χ3v) is 5.48. The van der Waals surface area contributed by atoms with Gasteiger partial charge in [-0.3, -0.25) is 9.59 Å². The Labute approximate surface area is 134 Å². The number of tetrazole rings is 1. The number of fused-ring (bicyclic) bond motifs is 4. The minimum atomic E-state index is 0.172. The van der Waals surface area contributed by atoms with Crippen LogP contribution in [0.5, 0.6) is 0 Å². The molecule has 3 unspecified atom stereocenters. The smallest absolute Gasteiger partial charge is 0.224 e. The van der Waals surface area contributed by atoms with Crippen LogP contribution in [0, 0.1) is 11.8 Å². The zero-order valence-electron chi connectivity index (χ0n) is 13.2. The monoisotopic (exact) mass is 318 g/mol. The van der Waals surface area contributed by atoms with E-state index in [0.29, 0.717) is 43.2 Å². The lowest BCUT2D eigenvalue weighted by atomic mass is 9.76. The Bertz CT molecular complexity index is 589. The normalized spacial score (nSPS) is 30.3. The lowest BCUT2D eigenvalue weighted by Gasteiger charge is -2.52. The maximum Gasteiger partial charge on any atom is 0.224 e. The maximum atomic E-state index is 12.5. The van der Waals surface area contributed by atoms with Gasteiger partial charge in [-0.05, 0) is 41.5 Å². The van der Waals surface area contributed by atoms with Crippen LogP contribution in [-0.2, 0) is 16.1 Å². The first-order valence-corrected chi connectivity index (χ1v) is 8.48. The number of carbonyl (C=O) groups is 2. The highest BCUT2D eigenvalue weighted by Gasteiger charge is 2.44. The van der Waals surface area contributed by atoms with Crippen LogP contribution >= 0.6 is 0 Å². The Morgan fingerprint density at radius 2 is 2.22 bits per heavy atom. The molecule has 4 heterocycles. The number of aryl methyl sites for hydroxylation is 1. The van der Waals surface area contributed by atoms with E-state index >= 15 is 0 Å². The standard InChI is InChI=1S/C15H22N6O2/c22-14(4-5-20-10-16-17-18-20)19-7-11-6-12(9-19)13-2-1-3-15(23)21(13)8-11/h10-13H,1-9H2. The molecule has 0 saturated carbocycles. The SMILES string of the molecule is O=C(CCn1cnnn1)N1CC2CC(C1)C1CCCC(=O)N1C2. The predicted octanol–water partition coefficient (Wildman–Crippen LogP) is -0.0774. The van der Waals surface area contributed by atoms with Gasteiger partial charge in [-0.1, -0.05) is 0 Å². The van der Waals surface area contributed by atoms with Crippen molar-refractivity contribution >= 4 is 11.8 Å². The van der Waals surface area contributed by atoms with Crippen molar-refractivity contribution in [3.63, 3.8) is 0 Å². The summed E-state index contributed by atoms with van der Waals surface area (Å²) in [7, 11) is 0. The second kappa shape index (κ2) is 5.90. The van der Waals surface area contributed by atoms with Crippen molar-refractivity contribution in [2.75, 3.05) is 19.6 Å². The summed E-state index contributed by atoms with van der Waals surface area (Å²) < 4.78 is 1.59. The molecular formula is C15H22N6O2. The van der Waals surface area contributed by atoms with E-state index in [1.807, 2.05) is 4.90 Å². The predicted molar refractivity (Wildman–Crippen MR) is 80.0 cm³/mol. The third kappa shape index (κ3) is 2.82. The summed E-state index contributed by atoms with van der Waals surface area (Å²) in [4.78, 5) is 28.7. The Balaban J connectivity index is 1.39. The van der Waals surface area contributed by atoms with Gasteiger partial charge >= 0.3 is 0 Å². The second-order valence-electron chi connectivity index (χ2n) is 6.99. The molecule has 0 aromatic carbocycles. The number of likely N-dealkylation sites (tertiary alicyclic amines) is 1. The number of amides is 2. The molecule has 0 N–H and O–H groups in total. The topological polar surface area (TPSA) is 84.2 Å². The average molecular weight is 318 g/mol. The Kier molecular flexibility index (Phi) is 3.74. The molecule has 2 amide bonds. The summed E-state index contributed by atoms with van der Waals surface area (Å²) in [6.07, 6.45) is 5.90. The highest BCUT2D eigenvalue weighted by molar-refractivity contribution is 5.78. The summed E-state index contributed by atoms with van der Waals surface area (Å²) in [6.45, 7) is 2.92. The number of rotatable bonds is 3. The lowest BCUT2D eigenvalue weighted by Crippen LogP contribution is -2.61. The molecule has 3 fully saturated rings. The summed E-state index contributed by atoms with van der Waals surface area (Å²) in [5.74, 6) is 1.37. The van der Waals surface area contributed by atoms with Crippen LogP contribution in [0.2, 0.25) is 0 Å². The van der Waals surface area contributed by atoms with Gasteiger partial charge in [0.05, 0.1) is 6.54 Å². The molecule has 23 heavy (non-hydrogen) atoms. The van der Waals surface area contributed by atoms with E-state index in [0.717, 1.165) is 38.9 Å². The molecule has 3 saturated heterocycles. The molecule has 4 rings (SSSR count). The maximum absolute atomic E-state index is 12.5. The first kappa shape index (κ1) is 14.6. The van der Waals surface area contributed by atoms with Crippen molar-refractivity contribution in [1.29, 1.82) is 0 Å². The van der Waals surface area contributed by atoms with Crippen LogP contribution in [0.25, 0.3) is 0 Å². The van der Waals surface area contributed by atoms with E-state index in [9.17, 15) is 9.59 Å². The first-order valence-electron chi connectivity index (χ1n) is 8.48. The molecule has 3 atom stereocenters. The highest BCUT2D eigenvalue weighted by atomic mass is 16.2. The molecule has 0 aliphatic carbocycles. The van der Waals surface area contributed by atoms with Crippen molar-refractivity contribution < 1.29 is 9.59 Å². The van der Waals surface area contributed by atoms with Crippen LogP contribution < -0.4 is 0 Å². The van der Waals surface area contributed by atoms with Crippen LogP contribution in [0.1, 0.15) is 32.1 Å². The lowest BCUT2D eigenvalue weighted by molar-refractivity contribution is -0.148. The minimum Gasteiger partial charge on any atom is -0.342 e. The fraction of sp³-hybridized carbons (Fsp3) is 0.800. The molecule has 8 nitrogen and oxygen atoms in total. The van der Waals surface area contributed by atoms with Crippen molar-refractivity contribution in [2.45, 2.75) is 44.7 Å². The van der Waals surface area contributed by atoms with Gasteiger partial charge in [0.25, 0.3) is 0 Å². The van der Waals surface area contributed by atoms with E-state index in [4.69, 9.17) is 0 Å². The number of nitrogens with zero attached hydrogens (tertiary/aromatic N) is 6. The van der Waals surface area contributed by atoms with Gasteiger partial charge in [-0.15, -0.1) is 5.10 Å². The summed E-state index contributed by atoms with van der Waals surface area (Å²) in [5.41, 5.74) is 0. The quantitative estimate of drug-likeness (QED) is 0.778. The summed E-state index contributed by atoms with van der Waals surface area (Å²) >= 11 is 0. The average Bonchev–Trinajstić information content (AvgIpc) is 3.07. The van der Waals surface area contributed by atoms with Crippen molar-refractivity contribution in [1.82, 2.24) is 30.0 Å². The largest absolute Gasteiger partial charge is 0.342 e. The molecule has 1 aromatic rings. The van der Waals surface area contributed by atoms with Gasteiger partial charge in [0, 0.05) is 38.5 Å². The molecule has 3 aliphatic heterocycles. The van der Waals surface area contributed by atoms with E-state index in [1.54, 1.807) is 4.68 Å². The zero-order valence-corrected chi connectivity index (χ0v) is 13.2. The van der Waals surface area contributed by atoms with Crippen LogP contribution in [0.15, 0.2) is 6.33 Å². The number of piperidine rings is 3. The van der Waals surface area contributed by atoms with Gasteiger partial charge in [0.1, 0.15) is 6.33 Å². The molecule has 2 bridgehead atoms. The van der Waals surface area contributed by atoms with Crippen LogP contribution in [0.4, 0.5) is 0 Å².